The van der Waals surface area contributed by atoms with Gasteiger partial charge in [0.25, 0.3) is 11.8 Å². The summed E-state index contributed by atoms with van der Waals surface area (Å²) in [5.74, 6) is -2.37. The first-order valence-corrected chi connectivity index (χ1v) is 11.9. The van der Waals surface area contributed by atoms with Gasteiger partial charge in [0.2, 0.25) is 0 Å². The Kier molecular flexibility index (Phi) is 5.77. The normalized spacial score (nSPS) is 14.4. The van der Waals surface area contributed by atoms with Crippen LogP contribution in [0.15, 0.2) is 67.3 Å². The van der Waals surface area contributed by atoms with Crippen molar-refractivity contribution in [1.29, 1.82) is 0 Å². The Bertz CT molecular complexity index is 1770. The van der Waals surface area contributed by atoms with Crippen LogP contribution < -0.4 is 10.6 Å². The third kappa shape index (κ3) is 4.23. The van der Waals surface area contributed by atoms with Gasteiger partial charge in [0.1, 0.15) is 18.0 Å². The topological polar surface area (TPSA) is 101 Å². The minimum Gasteiger partial charge on any atom is -0.341 e. The van der Waals surface area contributed by atoms with Crippen LogP contribution in [0.4, 0.5) is 14.5 Å². The summed E-state index contributed by atoms with van der Waals surface area (Å²) in [7, 11) is 0. The fourth-order valence-electron chi connectivity index (χ4n) is 4.41. The third-order valence-electron chi connectivity index (χ3n) is 6.09. The number of carbonyl (C=O) groups excluding carboxylic acids is 2. The van der Waals surface area contributed by atoms with E-state index in [0.717, 1.165) is 12.1 Å². The van der Waals surface area contributed by atoms with Gasteiger partial charge in [0, 0.05) is 43.5 Å². The van der Waals surface area contributed by atoms with Crippen LogP contribution in [0.3, 0.4) is 0 Å². The molecule has 6 rings (SSSR count). The first-order valence-electron chi connectivity index (χ1n) is 11.1. The van der Waals surface area contributed by atoms with Gasteiger partial charge in [-0.3, -0.25) is 14.6 Å². The number of hydrogen-bond donors (Lipinski definition) is 2. The zero-order valence-corrected chi connectivity index (χ0v) is 20.6. The molecule has 1 aliphatic heterocycles. The van der Waals surface area contributed by atoms with E-state index in [0.29, 0.717) is 28.0 Å². The summed E-state index contributed by atoms with van der Waals surface area (Å²) >= 11 is 12.3. The molecule has 1 atom stereocenters. The van der Waals surface area contributed by atoms with Crippen molar-refractivity contribution >= 4 is 46.4 Å². The average molecular weight is 551 g/mol. The predicted molar refractivity (Wildman–Crippen MR) is 136 cm³/mol. The van der Waals surface area contributed by atoms with Gasteiger partial charge in [0.05, 0.1) is 24.1 Å². The van der Waals surface area contributed by atoms with Crippen LogP contribution in [0.5, 0.6) is 0 Å². The molecular formula is C26H14Cl2F2N6O2. The second kappa shape index (κ2) is 9.16. The molecule has 3 aromatic carbocycles. The minimum atomic E-state index is -0.869. The molecule has 2 aromatic heterocycles. The lowest BCUT2D eigenvalue weighted by molar-refractivity contribution is 0.0959. The zero-order valence-electron chi connectivity index (χ0n) is 19.0. The van der Waals surface area contributed by atoms with Gasteiger partial charge in [0.15, 0.2) is 5.65 Å². The molecule has 0 saturated heterocycles. The highest BCUT2D eigenvalue weighted by Crippen LogP contribution is 2.41. The van der Waals surface area contributed by atoms with E-state index in [-0.39, 0.29) is 26.9 Å². The Balaban J connectivity index is 1.52. The molecule has 5 aromatic rings. The maximum absolute atomic E-state index is 14.2. The number of rotatable bonds is 4. The lowest BCUT2D eigenvalue weighted by Crippen LogP contribution is -2.21. The molecule has 0 radical (unpaired) electrons. The number of carbonyl (C=O) groups is 2. The Morgan fingerprint density at radius 2 is 1.87 bits per heavy atom. The predicted octanol–water partition coefficient (Wildman–Crippen LogP) is 5.46. The Labute approximate surface area is 223 Å². The van der Waals surface area contributed by atoms with Crippen LogP contribution in [-0.4, -0.2) is 31.4 Å². The van der Waals surface area contributed by atoms with E-state index >= 15 is 0 Å². The summed E-state index contributed by atoms with van der Waals surface area (Å²) < 4.78 is 29.6. The smallest absolute Gasteiger partial charge is 0.255 e. The van der Waals surface area contributed by atoms with E-state index in [1.165, 1.54) is 41.3 Å². The summed E-state index contributed by atoms with van der Waals surface area (Å²) in [6.07, 6.45) is 4.51. The molecule has 2 N–H and O–H groups in total. The van der Waals surface area contributed by atoms with E-state index < -0.39 is 29.5 Å². The fourth-order valence-corrected chi connectivity index (χ4v) is 4.86. The summed E-state index contributed by atoms with van der Waals surface area (Å²) in [6.45, 7) is 0. The summed E-state index contributed by atoms with van der Waals surface area (Å²) in [5.41, 5.74) is 2.51. The number of benzene rings is 3. The van der Waals surface area contributed by atoms with E-state index in [1.807, 2.05) is 0 Å². The highest BCUT2D eigenvalue weighted by Gasteiger charge is 2.35. The van der Waals surface area contributed by atoms with Crippen LogP contribution >= 0.6 is 23.2 Å². The molecule has 38 heavy (non-hydrogen) atoms. The van der Waals surface area contributed by atoms with Crippen LogP contribution in [-0.2, 0) is 0 Å². The molecule has 0 bridgehead atoms. The molecule has 2 amide bonds. The molecule has 0 fully saturated rings. The van der Waals surface area contributed by atoms with Crippen LogP contribution in [0, 0.1) is 11.6 Å². The van der Waals surface area contributed by atoms with Gasteiger partial charge in [-0.1, -0.05) is 23.2 Å². The van der Waals surface area contributed by atoms with Crippen molar-refractivity contribution in [3.05, 3.63) is 111 Å². The van der Waals surface area contributed by atoms with Crippen molar-refractivity contribution in [2.45, 2.75) is 6.04 Å². The molecule has 12 heteroatoms. The zero-order chi connectivity index (χ0) is 26.6. The van der Waals surface area contributed by atoms with Crippen LogP contribution in [0.1, 0.15) is 37.9 Å². The summed E-state index contributed by atoms with van der Waals surface area (Å²) in [4.78, 5) is 34.8. The van der Waals surface area contributed by atoms with Crippen molar-refractivity contribution in [2.75, 3.05) is 5.32 Å². The lowest BCUT2D eigenvalue weighted by atomic mass is 9.93. The van der Waals surface area contributed by atoms with E-state index in [2.05, 4.69) is 25.7 Å². The summed E-state index contributed by atoms with van der Waals surface area (Å²) in [6, 6.07) is 9.59. The van der Waals surface area contributed by atoms with Gasteiger partial charge in [-0.25, -0.2) is 18.3 Å². The Morgan fingerprint density at radius 1 is 1.03 bits per heavy atom. The minimum absolute atomic E-state index is 0.0334. The largest absolute Gasteiger partial charge is 0.341 e. The van der Waals surface area contributed by atoms with Gasteiger partial charge in [-0.05, 0) is 48.5 Å². The van der Waals surface area contributed by atoms with Crippen LogP contribution in [0.2, 0.25) is 10.0 Å². The van der Waals surface area contributed by atoms with E-state index in [1.54, 1.807) is 18.3 Å². The van der Waals surface area contributed by atoms with Crippen molar-refractivity contribution in [1.82, 2.24) is 24.9 Å². The quantitative estimate of drug-likeness (QED) is 0.309. The second-order valence-corrected chi connectivity index (χ2v) is 9.35. The van der Waals surface area contributed by atoms with Crippen molar-refractivity contribution in [3.63, 3.8) is 0 Å². The molecule has 188 valence electrons. The number of halogens is 4. The van der Waals surface area contributed by atoms with Gasteiger partial charge in [-0.15, -0.1) is 0 Å². The molecule has 8 nitrogen and oxygen atoms in total. The van der Waals surface area contributed by atoms with Gasteiger partial charge in [-0.2, -0.15) is 5.10 Å². The first kappa shape index (κ1) is 24.0. The molecule has 0 spiro atoms. The number of hydrogen-bond acceptors (Lipinski definition) is 5. The second-order valence-electron chi connectivity index (χ2n) is 8.50. The number of aromatic nitrogens is 4. The molecule has 0 aliphatic carbocycles. The average Bonchev–Trinajstić information content (AvgIpc) is 3.49. The maximum atomic E-state index is 14.2. The number of fused-ring (bicyclic) bond motifs is 2. The number of nitrogens with one attached hydrogen (secondary N) is 2. The summed E-state index contributed by atoms with van der Waals surface area (Å²) in [5, 5.41) is 9.94. The van der Waals surface area contributed by atoms with Gasteiger partial charge < -0.3 is 10.6 Å². The van der Waals surface area contributed by atoms with Crippen molar-refractivity contribution in [2.24, 2.45) is 0 Å². The Morgan fingerprint density at radius 3 is 2.68 bits per heavy atom. The highest BCUT2D eigenvalue weighted by atomic mass is 35.5. The molecule has 1 aliphatic rings. The fraction of sp³-hybridized carbons (Fsp3) is 0.0385. The van der Waals surface area contributed by atoms with E-state index in [4.69, 9.17) is 23.2 Å². The third-order valence-corrected chi connectivity index (χ3v) is 6.65. The molecule has 1 unspecified atom stereocenters. The number of anilines is 1. The SMILES string of the molecule is O=C(Nc1cc(-c2cn3ncnc3cn2)cc2c1C(c1cc(F)ccc1Cl)NC2=O)c1cc(F)cc(Cl)c1. The first-order chi connectivity index (χ1) is 18.3. The molecule has 3 heterocycles. The maximum Gasteiger partial charge on any atom is 0.255 e. The number of amides is 2. The van der Waals surface area contributed by atoms with Gasteiger partial charge >= 0.3 is 0 Å². The lowest BCUT2D eigenvalue weighted by Gasteiger charge is -2.19. The van der Waals surface area contributed by atoms with Crippen molar-refractivity contribution in [3.8, 4) is 11.3 Å². The monoisotopic (exact) mass is 550 g/mol. The Hall–Kier alpha value is -4.41. The van der Waals surface area contributed by atoms with Crippen LogP contribution in [0.25, 0.3) is 16.9 Å². The number of nitrogens with zero attached hydrogens (tertiary/aromatic N) is 4. The molecule has 0 saturated carbocycles. The van der Waals surface area contributed by atoms with Crippen molar-refractivity contribution < 1.29 is 18.4 Å². The standard InChI is InChI=1S/C26H14Cl2F2N6O2/c27-14-3-13(4-16(30)7-14)25(37)34-20-6-12(21-10-36-22(9-31-21)32-11-33-36)5-18-23(20)24(35-26(18)38)17-8-15(29)1-2-19(17)28/h1-11,24H,(H,34,37)(H,35,38). The van der Waals surface area contributed by atoms with E-state index in [9.17, 15) is 18.4 Å². The highest BCUT2D eigenvalue weighted by molar-refractivity contribution is 6.31. The molecular weight excluding hydrogens is 537 g/mol.